The number of pyridine rings is 1. The molecule has 8 heteroatoms. The fraction of sp³-hybridized carbons (Fsp3) is 0.368. The predicted octanol–water partition coefficient (Wildman–Crippen LogP) is 5.37. The van der Waals surface area contributed by atoms with Crippen LogP contribution in [-0.4, -0.2) is 30.4 Å². The van der Waals surface area contributed by atoms with Gasteiger partial charge in [-0.05, 0) is 25.2 Å². The van der Waals surface area contributed by atoms with Gasteiger partial charge in [0, 0.05) is 35.5 Å². The van der Waals surface area contributed by atoms with Crippen molar-refractivity contribution in [3.63, 3.8) is 0 Å². The Bertz CT molecular complexity index is 922. The second kappa shape index (κ2) is 9.40. The van der Waals surface area contributed by atoms with E-state index in [9.17, 15) is 5.26 Å². The van der Waals surface area contributed by atoms with E-state index in [4.69, 9.17) is 4.98 Å². The Kier molecular flexibility index (Phi) is 6.94. The van der Waals surface area contributed by atoms with Crippen molar-refractivity contribution in [2.45, 2.75) is 31.7 Å². The minimum absolute atomic E-state index is 0.592. The monoisotopic (exact) mass is 415 g/mol. The maximum absolute atomic E-state index is 9.84. The minimum Gasteiger partial charge on any atom is -0.338 e. The molecular weight excluding hydrogens is 394 g/mol. The van der Waals surface area contributed by atoms with Gasteiger partial charge in [-0.15, -0.1) is 11.3 Å². The van der Waals surface area contributed by atoms with Crippen LogP contribution in [0.4, 0.5) is 0 Å². The van der Waals surface area contributed by atoms with Gasteiger partial charge < -0.3 is 4.57 Å². The maximum atomic E-state index is 9.84. The summed E-state index contributed by atoms with van der Waals surface area (Å²) in [6, 6.07) is 4.30. The van der Waals surface area contributed by atoms with Crippen LogP contribution in [0.5, 0.6) is 0 Å². The Morgan fingerprint density at radius 3 is 2.78 bits per heavy atom. The molecule has 0 saturated carbocycles. The summed E-state index contributed by atoms with van der Waals surface area (Å²) < 4.78 is 1.97. The number of hydrogen-bond acceptors (Lipinski definition) is 7. The fourth-order valence-corrected chi connectivity index (χ4v) is 5.29. The Morgan fingerprint density at radius 2 is 2.15 bits per heavy atom. The third-order valence-corrected chi connectivity index (χ3v) is 7.14. The lowest BCUT2D eigenvalue weighted by atomic mass is 10.1. The van der Waals surface area contributed by atoms with E-state index in [2.05, 4.69) is 23.0 Å². The highest BCUT2D eigenvalue weighted by atomic mass is 32.2. The summed E-state index contributed by atoms with van der Waals surface area (Å²) in [5.41, 5.74) is 3.01. The molecule has 3 aromatic rings. The van der Waals surface area contributed by atoms with Gasteiger partial charge in [-0.3, -0.25) is 0 Å². The molecule has 0 atom stereocenters. The molecule has 0 aliphatic carbocycles. The average molecular weight is 416 g/mol. The van der Waals surface area contributed by atoms with Crippen LogP contribution in [0, 0.1) is 18.3 Å². The van der Waals surface area contributed by atoms with Crippen LogP contribution in [0.1, 0.15) is 31.2 Å². The predicted molar refractivity (Wildman–Crippen MR) is 115 cm³/mol. The van der Waals surface area contributed by atoms with E-state index in [1.165, 1.54) is 12.8 Å². The van der Waals surface area contributed by atoms with Crippen LogP contribution >= 0.6 is 34.9 Å². The van der Waals surface area contributed by atoms with Gasteiger partial charge in [0.15, 0.2) is 0 Å². The number of nitrogens with zero attached hydrogens (tertiary/aromatic N) is 5. The van der Waals surface area contributed by atoms with Crippen LogP contribution in [0.15, 0.2) is 28.9 Å². The van der Waals surface area contributed by atoms with Crippen LogP contribution < -0.4 is 0 Å². The molecule has 0 bridgehead atoms. The summed E-state index contributed by atoms with van der Waals surface area (Å²) in [5.74, 6) is 2.04. The Hall–Kier alpha value is -1.82. The van der Waals surface area contributed by atoms with Crippen molar-refractivity contribution in [1.82, 2.24) is 19.5 Å². The minimum atomic E-state index is 0.592. The molecule has 0 aromatic carbocycles. The number of thioether (sulfide) groups is 2. The van der Waals surface area contributed by atoms with Crippen LogP contribution in [0.3, 0.4) is 0 Å². The van der Waals surface area contributed by atoms with Crippen LogP contribution in [0.2, 0.25) is 0 Å². The highest BCUT2D eigenvalue weighted by molar-refractivity contribution is 8.15. The molecule has 0 unspecified atom stereocenters. The Labute approximate surface area is 172 Å². The average Bonchev–Trinajstić information content (AvgIpc) is 3.31. The third-order valence-electron chi connectivity index (χ3n) is 4.06. The van der Waals surface area contributed by atoms with Crippen LogP contribution in [-0.2, 0) is 7.05 Å². The number of imidazole rings is 1. The first-order valence-electron chi connectivity index (χ1n) is 8.70. The zero-order valence-electron chi connectivity index (χ0n) is 15.6. The molecule has 0 fully saturated rings. The number of rotatable bonds is 8. The zero-order valence-corrected chi connectivity index (χ0v) is 18.0. The molecule has 140 valence electrons. The second-order valence-corrected chi connectivity index (χ2v) is 9.32. The van der Waals surface area contributed by atoms with E-state index in [1.54, 1.807) is 29.3 Å². The normalized spacial score (nSPS) is 10.9. The summed E-state index contributed by atoms with van der Waals surface area (Å²) in [4.78, 5) is 13.8. The van der Waals surface area contributed by atoms with E-state index in [0.717, 1.165) is 43.6 Å². The topological polar surface area (TPSA) is 67.4 Å². The molecule has 27 heavy (non-hydrogen) atoms. The van der Waals surface area contributed by atoms with Gasteiger partial charge in [0.1, 0.15) is 27.6 Å². The molecule has 5 nitrogen and oxygen atoms in total. The van der Waals surface area contributed by atoms with Crippen molar-refractivity contribution in [1.29, 1.82) is 5.26 Å². The molecule has 3 heterocycles. The van der Waals surface area contributed by atoms with Gasteiger partial charge in [0.25, 0.3) is 0 Å². The number of thiazole rings is 1. The molecule has 0 amide bonds. The fourth-order valence-electron chi connectivity index (χ4n) is 2.49. The Morgan fingerprint density at radius 1 is 1.30 bits per heavy atom. The second-order valence-electron chi connectivity index (χ2n) is 5.99. The lowest BCUT2D eigenvalue weighted by Crippen LogP contribution is -1.96. The molecule has 0 aliphatic rings. The largest absolute Gasteiger partial charge is 0.338 e. The maximum Gasteiger partial charge on any atom is 0.141 e. The zero-order chi connectivity index (χ0) is 19.2. The van der Waals surface area contributed by atoms with Gasteiger partial charge in [-0.1, -0.05) is 25.1 Å². The quantitative estimate of drug-likeness (QED) is 0.280. The number of hydrogen-bond donors (Lipinski definition) is 0. The van der Waals surface area contributed by atoms with Crippen molar-refractivity contribution >= 4 is 34.9 Å². The first kappa shape index (κ1) is 19.9. The molecule has 3 rings (SSSR count). The van der Waals surface area contributed by atoms with Crippen molar-refractivity contribution in [2.24, 2.45) is 7.05 Å². The molecule has 0 spiro atoms. The molecule has 3 aromatic heterocycles. The van der Waals surface area contributed by atoms with Crippen molar-refractivity contribution < 1.29 is 0 Å². The molecule has 0 N–H and O–H groups in total. The lowest BCUT2D eigenvalue weighted by Gasteiger charge is -2.09. The summed E-state index contributed by atoms with van der Waals surface area (Å²) in [5, 5.41) is 14.3. The summed E-state index contributed by atoms with van der Waals surface area (Å²) in [6.45, 7) is 4.15. The van der Waals surface area contributed by atoms with Crippen molar-refractivity contribution in [3.05, 3.63) is 35.2 Å². The van der Waals surface area contributed by atoms with E-state index in [-0.39, 0.29) is 0 Å². The standard InChI is InChI=1S/C19H21N5S3/c1-4-5-7-25-12-27-18-15(10-20)14(17-11-24(3)13(2)22-17)9-16(23-18)19-21-6-8-26-19/h6,8-9,11H,4-5,7,12H2,1-3H3. The van der Waals surface area contributed by atoms with E-state index in [1.807, 2.05) is 47.9 Å². The highest BCUT2D eigenvalue weighted by Gasteiger charge is 2.18. The van der Waals surface area contributed by atoms with E-state index in [0.29, 0.717) is 5.56 Å². The lowest BCUT2D eigenvalue weighted by molar-refractivity contribution is 0.858. The molecule has 0 radical (unpaired) electrons. The van der Waals surface area contributed by atoms with Gasteiger partial charge in [-0.25, -0.2) is 15.0 Å². The van der Waals surface area contributed by atoms with E-state index < -0.39 is 0 Å². The third kappa shape index (κ3) is 4.72. The first-order chi connectivity index (χ1) is 13.1. The number of aryl methyl sites for hydroxylation is 2. The molecule has 0 aliphatic heterocycles. The van der Waals surface area contributed by atoms with Crippen molar-refractivity contribution in [3.8, 4) is 28.0 Å². The summed E-state index contributed by atoms with van der Waals surface area (Å²) in [7, 11) is 1.96. The summed E-state index contributed by atoms with van der Waals surface area (Å²) >= 11 is 5.06. The number of nitriles is 1. The molecule has 0 saturated heterocycles. The van der Waals surface area contributed by atoms with Crippen molar-refractivity contribution in [2.75, 3.05) is 10.8 Å². The van der Waals surface area contributed by atoms with E-state index >= 15 is 0 Å². The first-order valence-corrected chi connectivity index (χ1v) is 11.7. The number of unbranched alkanes of at least 4 members (excludes halogenated alkanes) is 1. The van der Waals surface area contributed by atoms with Crippen LogP contribution in [0.25, 0.3) is 22.0 Å². The smallest absolute Gasteiger partial charge is 0.141 e. The SMILES string of the molecule is CCCCSCSc1nc(-c2nccs2)cc(-c2cn(C)c(C)n2)c1C#N. The highest BCUT2D eigenvalue weighted by Crippen LogP contribution is 2.35. The van der Waals surface area contributed by atoms with Gasteiger partial charge in [-0.2, -0.15) is 17.0 Å². The van der Waals surface area contributed by atoms with Gasteiger partial charge in [0.2, 0.25) is 0 Å². The van der Waals surface area contributed by atoms with Gasteiger partial charge >= 0.3 is 0 Å². The summed E-state index contributed by atoms with van der Waals surface area (Å²) in [6.07, 6.45) is 6.14. The molecular formula is C19H21N5S3. The Balaban J connectivity index is 2.01. The van der Waals surface area contributed by atoms with Gasteiger partial charge in [0.05, 0.1) is 11.3 Å². The number of aromatic nitrogens is 4.